The lowest BCUT2D eigenvalue weighted by atomic mass is 9.85. The second kappa shape index (κ2) is 9.80. The molecular formula is C24H23ClN4O3S. The van der Waals surface area contributed by atoms with Crippen molar-refractivity contribution < 1.29 is 9.53 Å². The van der Waals surface area contributed by atoms with E-state index in [1.54, 1.807) is 39.1 Å². The van der Waals surface area contributed by atoms with Crippen LogP contribution in [0.1, 0.15) is 43.5 Å². The van der Waals surface area contributed by atoms with E-state index in [0.29, 0.717) is 44.3 Å². The van der Waals surface area contributed by atoms with Crippen LogP contribution in [0.2, 0.25) is 5.02 Å². The zero-order valence-corrected chi connectivity index (χ0v) is 20.0. The van der Waals surface area contributed by atoms with Crippen LogP contribution in [-0.4, -0.2) is 27.0 Å². The first-order valence-electron chi connectivity index (χ1n) is 10.4. The minimum atomic E-state index is -0.701. The van der Waals surface area contributed by atoms with E-state index in [4.69, 9.17) is 16.3 Å². The Morgan fingerprint density at radius 2 is 1.97 bits per heavy atom. The number of carbonyl (C=O) groups excluding carboxylic acids is 1. The van der Waals surface area contributed by atoms with Gasteiger partial charge < -0.3 is 15.0 Å². The second-order valence-corrected chi connectivity index (χ2v) is 9.19. The molecule has 33 heavy (non-hydrogen) atoms. The Bertz CT molecular complexity index is 1270. The lowest BCUT2D eigenvalue weighted by Crippen LogP contribution is -2.32. The molecule has 0 spiro atoms. The number of halogens is 1. The number of H-pyrrole nitrogens is 1. The number of fused-ring (bicyclic) bond motifs is 1. The van der Waals surface area contributed by atoms with Gasteiger partial charge in [0.05, 0.1) is 28.9 Å². The fourth-order valence-electron chi connectivity index (χ4n) is 3.65. The predicted molar refractivity (Wildman–Crippen MR) is 130 cm³/mol. The molecule has 0 radical (unpaired) electrons. The van der Waals surface area contributed by atoms with Crippen molar-refractivity contribution in [2.45, 2.75) is 43.7 Å². The number of carbonyl (C=O) groups is 1. The molecule has 9 heteroatoms. The number of thioether (sulfide) groups is 1. The van der Waals surface area contributed by atoms with Gasteiger partial charge in [0.1, 0.15) is 5.82 Å². The Morgan fingerprint density at radius 3 is 2.67 bits per heavy atom. The molecule has 0 bridgehead atoms. The van der Waals surface area contributed by atoms with Gasteiger partial charge in [0.15, 0.2) is 5.16 Å². The van der Waals surface area contributed by atoms with Crippen LogP contribution in [0.25, 0.3) is 0 Å². The molecule has 0 fully saturated rings. The normalized spacial score (nSPS) is 15.2. The monoisotopic (exact) mass is 482 g/mol. The number of hydrogen-bond donors (Lipinski definition) is 2. The predicted octanol–water partition coefficient (Wildman–Crippen LogP) is 4.89. The second-order valence-electron chi connectivity index (χ2n) is 7.82. The summed E-state index contributed by atoms with van der Waals surface area (Å²) in [6, 6.07) is 12.9. The minimum Gasteiger partial charge on any atom is -0.460 e. The van der Waals surface area contributed by atoms with Crippen molar-refractivity contribution in [1.29, 1.82) is 0 Å². The average molecular weight is 483 g/mol. The number of pyridine rings is 1. The van der Waals surface area contributed by atoms with Gasteiger partial charge in [0, 0.05) is 22.7 Å². The molecule has 0 saturated carbocycles. The van der Waals surface area contributed by atoms with Gasteiger partial charge in [-0.15, -0.1) is 0 Å². The van der Waals surface area contributed by atoms with Crippen molar-refractivity contribution in [1.82, 2.24) is 15.0 Å². The minimum absolute atomic E-state index is 0.302. The fourth-order valence-corrected chi connectivity index (χ4v) is 4.80. The molecule has 1 aliphatic rings. The molecule has 7 nitrogen and oxygen atoms in total. The number of aromatic nitrogens is 3. The highest BCUT2D eigenvalue weighted by Crippen LogP contribution is 2.39. The van der Waals surface area contributed by atoms with Gasteiger partial charge >= 0.3 is 5.97 Å². The SMILES string of the molecule is CC1=C(C(=O)OC(C)C)C(c2ccccn2)c2c(nc(SCc3ccccc3Cl)[nH]c2=O)N1. The highest BCUT2D eigenvalue weighted by molar-refractivity contribution is 7.98. The Hall–Kier alpha value is -3.10. The smallest absolute Gasteiger partial charge is 0.337 e. The molecule has 0 saturated heterocycles. The molecule has 1 atom stereocenters. The van der Waals surface area contributed by atoms with Crippen LogP contribution in [-0.2, 0) is 15.3 Å². The molecule has 1 aliphatic heterocycles. The van der Waals surface area contributed by atoms with Crippen LogP contribution < -0.4 is 10.9 Å². The molecule has 2 aromatic heterocycles. The first-order chi connectivity index (χ1) is 15.8. The maximum atomic E-state index is 13.3. The molecular weight excluding hydrogens is 460 g/mol. The number of aromatic amines is 1. The molecule has 170 valence electrons. The Morgan fingerprint density at radius 1 is 1.21 bits per heavy atom. The average Bonchev–Trinajstić information content (AvgIpc) is 2.77. The van der Waals surface area contributed by atoms with Gasteiger partial charge in [0.25, 0.3) is 5.56 Å². The number of nitrogens with one attached hydrogen (secondary N) is 2. The maximum absolute atomic E-state index is 13.3. The van der Waals surface area contributed by atoms with Crippen molar-refractivity contribution in [3.8, 4) is 0 Å². The van der Waals surface area contributed by atoms with E-state index in [-0.39, 0.29) is 11.7 Å². The molecule has 4 rings (SSSR count). The lowest BCUT2D eigenvalue weighted by molar-refractivity contribution is -0.143. The summed E-state index contributed by atoms with van der Waals surface area (Å²) in [5.41, 5.74) is 2.42. The summed E-state index contributed by atoms with van der Waals surface area (Å²) in [5.74, 6) is -0.249. The van der Waals surface area contributed by atoms with Gasteiger partial charge in [0.2, 0.25) is 0 Å². The fraction of sp³-hybridized carbons (Fsp3) is 0.250. The number of anilines is 1. The zero-order chi connectivity index (χ0) is 23.5. The summed E-state index contributed by atoms with van der Waals surface area (Å²) in [7, 11) is 0. The van der Waals surface area contributed by atoms with Crippen molar-refractivity contribution in [2.75, 3.05) is 5.32 Å². The highest BCUT2D eigenvalue weighted by Gasteiger charge is 2.37. The number of nitrogens with zero attached hydrogens (tertiary/aromatic N) is 2. The first-order valence-corrected chi connectivity index (χ1v) is 11.8. The summed E-state index contributed by atoms with van der Waals surface area (Å²) in [6.45, 7) is 5.34. The molecule has 3 heterocycles. The van der Waals surface area contributed by atoms with E-state index >= 15 is 0 Å². The molecule has 0 amide bonds. The summed E-state index contributed by atoms with van der Waals surface area (Å²) in [5, 5.41) is 4.24. The highest BCUT2D eigenvalue weighted by atomic mass is 35.5. The summed E-state index contributed by atoms with van der Waals surface area (Å²) < 4.78 is 5.48. The third kappa shape index (κ3) is 4.96. The van der Waals surface area contributed by atoms with Crippen LogP contribution in [0.15, 0.2) is 69.9 Å². The van der Waals surface area contributed by atoms with E-state index in [2.05, 4.69) is 20.3 Å². The van der Waals surface area contributed by atoms with Crippen LogP contribution >= 0.6 is 23.4 Å². The van der Waals surface area contributed by atoms with E-state index in [1.807, 2.05) is 30.3 Å². The molecule has 1 aromatic carbocycles. The van der Waals surface area contributed by atoms with E-state index in [0.717, 1.165) is 5.56 Å². The van der Waals surface area contributed by atoms with Gasteiger partial charge in [-0.25, -0.2) is 9.78 Å². The quantitative estimate of drug-likeness (QED) is 0.293. The number of rotatable bonds is 6. The Balaban J connectivity index is 1.75. The van der Waals surface area contributed by atoms with Crippen molar-refractivity contribution >= 4 is 35.1 Å². The van der Waals surface area contributed by atoms with Gasteiger partial charge in [-0.05, 0) is 44.5 Å². The number of hydrogen-bond acceptors (Lipinski definition) is 7. The van der Waals surface area contributed by atoms with E-state index in [9.17, 15) is 9.59 Å². The topological polar surface area (TPSA) is 97.0 Å². The standard InChI is InChI=1S/C24H23ClN4O3S/c1-13(2)32-23(31)18-14(3)27-21-20(19(18)17-10-6-7-11-26-17)22(30)29-24(28-21)33-12-15-8-4-5-9-16(15)25/h4-11,13,19H,12H2,1-3H3,(H2,27,28,29,30). The Kier molecular flexibility index (Phi) is 6.85. The maximum Gasteiger partial charge on any atom is 0.337 e. The third-order valence-electron chi connectivity index (χ3n) is 5.09. The van der Waals surface area contributed by atoms with Crippen molar-refractivity contribution in [2.24, 2.45) is 0 Å². The van der Waals surface area contributed by atoms with Crippen LogP contribution in [0, 0.1) is 0 Å². The summed E-state index contributed by atoms with van der Waals surface area (Å²) in [4.78, 5) is 38.2. The third-order valence-corrected chi connectivity index (χ3v) is 6.38. The molecule has 1 unspecified atom stereocenters. The number of esters is 1. The van der Waals surface area contributed by atoms with Crippen molar-refractivity contribution in [3.63, 3.8) is 0 Å². The zero-order valence-electron chi connectivity index (χ0n) is 18.4. The Labute approximate surface area is 200 Å². The first kappa shape index (κ1) is 23.1. The van der Waals surface area contributed by atoms with Crippen molar-refractivity contribution in [3.05, 3.63) is 92.1 Å². The van der Waals surface area contributed by atoms with Crippen LogP contribution in [0.4, 0.5) is 5.82 Å². The molecule has 0 aliphatic carbocycles. The van der Waals surface area contributed by atoms with Crippen LogP contribution in [0.5, 0.6) is 0 Å². The van der Waals surface area contributed by atoms with Gasteiger partial charge in [-0.3, -0.25) is 9.78 Å². The van der Waals surface area contributed by atoms with E-state index < -0.39 is 11.9 Å². The number of benzene rings is 1. The van der Waals surface area contributed by atoms with E-state index in [1.165, 1.54) is 11.8 Å². The lowest BCUT2D eigenvalue weighted by Gasteiger charge is -2.28. The largest absolute Gasteiger partial charge is 0.460 e. The molecule has 2 N–H and O–H groups in total. The number of allylic oxidation sites excluding steroid dienone is 1. The van der Waals surface area contributed by atoms with Gasteiger partial charge in [-0.1, -0.05) is 47.6 Å². The molecule has 3 aromatic rings. The number of ether oxygens (including phenoxy) is 1. The van der Waals surface area contributed by atoms with Crippen LogP contribution in [0.3, 0.4) is 0 Å². The van der Waals surface area contributed by atoms with Gasteiger partial charge in [-0.2, -0.15) is 0 Å². The summed E-state index contributed by atoms with van der Waals surface area (Å²) >= 11 is 7.62. The summed E-state index contributed by atoms with van der Waals surface area (Å²) in [6.07, 6.45) is 1.33.